The molecule has 0 bridgehead atoms. The molecule has 1 amide bonds. The van der Waals surface area contributed by atoms with Crippen molar-refractivity contribution in [2.45, 2.75) is 0 Å². The van der Waals surface area contributed by atoms with Crippen LogP contribution in [0.5, 0.6) is 17.2 Å². The van der Waals surface area contributed by atoms with Crippen LogP contribution >= 0.6 is 0 Å². The van der Waals surface area contributed by atoms with Gasteiger partial charge in [-0.15, -0.1) is 0 Å². The minimum atomic E-state index is -0.284. The van der Waals surface area contributed by atoms with Crippen LogP contribution in [0.4, 0.5) is 5.69 Å². The number of ether oxygens (including phenoxy) is 3. The minimum Gasteiger partial charge on any atom is -0.493 e. The SMILES string of the molecule is COc1cc(C=CC(=O)Nc2cccc(-c3nc4ccccc4o3)c2)cc(OC)c1OC. The fraction of sp³-hybridized carbons (Fsp3) is 0.120. The first-order valence-corrected chi connectivity index (χ1v) is 9.86. The first kappa shape index (κ1) is 21.0. The highest BCUT2D eigenvalue weighted by molar-refractivity contribution is 6.02. The van der Waals surface area contributed by atoms with Gasteiger partial charge in [0.25, 0.3) is 0 Å². The molecule has 0 atom stereocenters. The zero-order valence-electron chi connectivity index (χ0n) is 17.9. The Morgan fingerprint density at radius 3 is 2.38 bits per heavy atom. The first-order valence-electron chi connectivity index (χ1n) is 9.86. The molecule has 0 unspecified atom stereocenters. The summed E-state index contributed by atoms with van der Waals surface area (Å²) in [4.78, 5) is 17.0. The third-order valence-corrected chi connectivity index (χ3v) is 4.79. The average Bonchev–Trinajstić information content (AvgIpc) is 3.26. The highest BCUT2D eigenvalue weighted by Crippen LogP contribution is 2.38. The lowest BCUT2D eigenvalue weighted by Gasteiger charge is -2.12. The van der Waals surface area contributed by atoms with Crippen LogP contribution < -0.4 is 19.5 Å². The molecule has 0 radical (unpaired) electrons. The number of aromatic nitrogens is 1. The van der Waals surface area contributed by atoms with E-state index in [0.717, 1.165) is 16.6 Å². The lowest BCUT2D eigenvalue weighted by Crippen LogP contribution is -2.07. The van der Waals surface area contributed by atoms with Gasteiger partial charge in [-0.2, -0.15) is 0 Å². The number of methoxy groups -OCH3 is 3. The number of oxazole rings is 1. The summed E-state index contributed by atoms with van der Waals surface area (Å²) in [5.41, 5.74) is 3.63. The van der Waals surface area contributed by atoms with Crippen molar-refractivity contribution < 1.29 is 23.4 Å². The van der Waals surface area contributed by atoms with Gasteiger partial charge in [0.05, 0.1) is 21.3 Å². The molecule has 0 fully saturated rings. The Labute approximate surface area is 185 Å². The maximum Gasteiger partial charge on any atom is 0.248 e. The maximum absolute atomic E-state index is 12.5. The van der Waals surface area contributed by atoms with Crippen LogP contribution in [0.25, 0.3) is 28.6 Å². The molecular formula is C25H22N2O5. The Kier molecular flexibility index (Phi) is 6.07. The third kappa shape index (κ3) is 4.41. The van der Waals surface area contributed by atoms with Crippen molar-refractivity contribution in [2.75, 3.05) is 26.6 Å². The van der Waals surface area contributed by atoms with Crippen molar-refractivity contribution in [3.63, 3.8) is 0 Å². The van der Waals surface area contributed by atoms with E-state index >= 15 is 0 Å². The quantitative estimate of drug-likeness (QED) is 0.407. The van der Waals surface area contributed by atoms with E-state index in [9.17, 15) is 4.79 Å². The fourth-order valence-corrected chi connectivity index (χ4v) is 3.28. The Morgan fingerprint density at radius 1 is 0.938 bits per heavy atom. The van der Waals surface area contributed by atoms with Gasteiger partial charge in [0, 0.05) is 17.3 Å². The fourth-order valence-electron chi connectivity index (χ4n) is 3.28. The van der Waals surface area contributed by atoms with Gasteiger partial charge in [-0.1, -0.05) is 18.2 Å². The molecule has 0 spiro atoms. The second-order valence-corrected chi connectivity index (χ2v) is 6.85. The molecule has 7 nitrogen and oxygen atoms in total. The van der Waals surface area contributed by atoms with E-state index in [1.807, 2.05) is 42.5 Å². The summed E-state index contributed by atoms with van der Waals surface area (Å²) in [5.74, 6) is 1.73. The van der Waals surface area contributed by atoms with Crippen LogP contribution in [0.2, 0.25) is 0 Å². The normalized spacial score (nSPS) is 11.0. The van der Waals surface area contributed by atoms with E-state index in [2.05, 4.69) is 10.3 Å². The largest absolute Gasteiger partial charge is 0.493 e. The molecule has 1 N–H and O–H groups in total. The lowest BCUT2D eigenvalue weighted by atomic mass is 10.1. The number of fused-ring (bicyclic) bond motifs is 1. The minimum absolute atomic E-state index is 0.284. The number of hydrogen-bond acceptors (Lipinski definition) is 6. The number of carbonyl (C=O) groups is 1. The van der Waals surface area contributed by atoms with E-state index in [4.69, 9.17) is 18.6 Å². The summed E-state index contributed by atoms with van der Waals surface area (Å²) >= 11 is 0. The number of nitrogens with one attached hydrogen (secondary N) is 1. The van der Waals surface area contributed by atoms with E-state index in [1.165, 1.54) is 13.2 Å². The highest BCUT2D eigenvalue weighted by Gasteiger charge is 2.12. The predicted molar refractivity (Wildman–Crippen MR) is 123 cm³/mol. The van der Waals surface area contributed by atoms with Crippen molar-refractivity contribution in [2.24, 2.45) is 0 Å². The molecule has 4 aromatic rings. The van der Waals surface area contributed by atoms with Crippen LogP contribution in [0, 0.1) is 0 Å². The second kappa shape index (κ2) is 9.26. The second-order valence-electron chi connectivity index (χ2n) is 6.85. The summed E-state index contributed by atoms with van der Waals surface area (Å²) in [7, 11) is 4.63. The Morgan fingerprint density at radius 2 is 1.69 bits per heavy atom. The van der Waals surface area contributed by atoms with Gasteiger partial charge in [-0.05, 0) is 54.1 Å². The van der Waals surface area contributed by atoms with E-state index in [0.29, 0.717) is 34.4 Å². The van der Waals surface area contributed by atoms with Gasteiger partial charge in [-0.25, -0.2) is 4.98 Å². The summed E-state index contributed by atoms with van der Waals surface area (Å²) in [6.07, 6.45) is 3.11. The van der Waals surface area contributed by atoms with Gasteiger partial charge in [0.1, 0.15) is 5.52 Å². The molecule has 32 heavy (non-hydrogen) atoms. The molecular weight excluding hydrogens is 408 g/mol. The summed E-state index contributed by atoms with van der Waals surface area (Å²) in [5, 5.41) is 2.85. The van der Waals surface area contributed by atoms with Crippen LogP contribution in [-0.4, -0.2) is 32.2 Å². The van der Waals surface area contributed by atoms with Crippen LogP contribution in [-0.2, 0) is 4.79 Å². The van der Waals surface area contributed by atoms with Gasteiger partial charge >= 0.3 is 0 Å². The van der Waals surface area contributed by atoms with Gasteiger partial charge < -0.3 is 23.9 Å². The van der Waals surface area contributed by atoms with E-state index in [-0.39, 0.29) is 5.91 Å². The van der Waals surface area contributed by atoms with E-state index in [1.54, 1.807) is 38.5 Å². The van der Waals surface area contributed by atoms with Crippen LogP contribution in [0.3, 0.4) is 0 Å². The number of hydrogen-bond donors (Lipinski definition) is 1. The zero-order valence-corrected chi connectivity index (χ0v) is 17.9. The number of rotatable bonds is 7. The highest BCUT2D eigenvalue weighted by atomic mass is 16.5. The lowest BCUT2D eigenvalue weighted by molar-refractivity contribution is -0.111. The third-order valence-electron chi connectivity index (χ3n) is 4.79. The van der Waals surface area contributed by atoms with Crippen LogP contribution in [0.15, 0.2) is 71.2 Å². The molecule has 0 saturated carbocycles. The topological polar surface area (TPSA) is 82.8 Å². The summed E-state index contributed by atoms with van der Waals surface area (Å²) in [6, 6.07) is 18.4. The number of benzene rings is 3. The molecule has 7 heteroatoms. The average molecular weight is 430 g/mol. The molecule has 0 aliphatic heterocycles. The molecule has 0 aliphatic rings. The van der Waals surface area contributed by atoms with Gasteiger partial charge in [0.15, 0.2) is 17.1 Å². The smallest absolute Gasteiger partial charge is 0.248 e. The van der Waals surface area contributed by atoms with Gasteiger partial charge in [-0.3, -0.25) is 4.79 Å². The molecule has 4 rings (SSSR count). The number of nitrogens with zero attached hydrogens (tertiary/aromatic N) is 1. The number of amides is 1. The number of para-hydroxylation sites is 2. The Hall–Kier alpha value is -4.26. The predicted octanol–water partition coefficient (Wildman–Crippen LogP) is 5.17. The molecule has 3 aromatic carbocycles. The molecule has 1 heterocycles. The maximum atomic E-state index is 12.5. The summed E-state index contributed by atoms with van der Waals surface area (Å²) < 4.78 is 21.8. The number of carbonyl (C=O) groups excluding carboxylic acids is 1. The molecule has 162 valence electrons. The monoisotopic (exact) mass is 430 g/mol. The zero-order chi connectivity index (χ0) is 22.5. The first-order chi connectivity index (χ1) is 15.6. The van der Waals surface area contributed by atoms with E-state index < -0.39 is 0 Å². The van der Waals surface area contributed by atoms with Crippen molar-refractivity contribution in [3.05, 3.63) is 72.3 Å². The Bertz CT molecular complexity index is 1230. The van der Waals surface area contributed by atoms with Crippen molar-refractivity contribution in [1.29, 1.82) is 0 Å². The van der Waals surface area contributed by atoms with Crippen LogP contribution in [0.1, 0.15) is 5.56 Å². The molecule has 1 aromatic heterocycles. The standard InChI is InChI=1S/C25H22N2O5/c1-29-21-13-16(14-22(30-2)24(21)31-3)11-12-23(28)26-18-8-6-7-17(15-18)25-27-19-9-4-5-10-20(19)32-25/h4-15H,1-3H3,(H,26,28). The summed E-state index contributed by atoms with van der Waals surface area (Å²) in [6.45, 7) is 0. The van der Waals surface area contributed by atoms with Crippen molar-refractivity contribution in [1.82, 2.24) is 4.98 Å². The molecule has 0 aliphatic carbocycles. The van der Waals surface area contributed by atoms with Crippen molar-refractivity contribution >= 4 is 28.8 Å². The molecule has 0 saturated heterocycles. The van der Waals surface area contributed by atoms with Gasteiger partial charge in [0.2, 0.25) is 17.5 Å². The van der Waals surface area contributed by atoms with Crippen molar-refractivity contribution in [3.8, 4) is 28.7 Å². The number of anilines is 1. The Balaban J connectivity index is 1.51.